The highest BCUT2D eigenvalue weighted by molar-refractivity contribution is 5.92. The number of carbonyl (C=O) groups is 3. The summed E-state index contributed by atoms with van der Waals surface area (Å²) in [7, 11) is 0. The van der Waals surface area contributed by atoms with E-state index in [2.05, 4.69) is 12.2 Å². The number of esters is 1. The maximum atomic E-state index is 13.3. The van der Waals surface area contributed by atoms with Gasteiger partial charge in [-0.2, -0.15) is 0 Å². The topological polar surface area (TPSA) is 130 Å². The molecule has 7 aliphatic rings. The van der Waals surface area contributed by atoms with E-state index in [1.54, 1.807) is 18.2 Å². The van der Waals surface area contributed by atoms with Gasteiger partial charge in [-0.25, -0.2) is 0 Å². The fraction of sp³-hybridized carbons (Fsp3) is 0.694. The van der Waals surface area contributed by atoms with E-state index in [0.717, 1.165) is 30.4 Å². The number of benzene rings is 1. The van der Waals surface area contributed by atoms with Crippen LogP contribution in [0.25, 0.3) is 0 Å². The van der Waals surface area contributed by atoms with Crippen molar-refractivity contribution in [3.05, 3.63) is 41.5 Å². The minimum absolute atomic E-state index is 0.00283. The predicted molar refractivity (Wildman–Crippen MR) is 163 cm³/mol. The average molecular weight is 636 g/mol. The number of amides is 1. The maximum Gasteiger partial charge on any atom is 0.306 e. The van der Waals surface area contributed by atoms with Gasteiger partial charge in [0, 0.05) is 30.7 Å². The standard InChI is InChI=1S/C36H45NO9/c1-33(2)42-19-36(46-33)28-9-8-24-23-17-26(43-30(41)11-10-29(40)37-15-13-20-4-6-21(38)7-5-20)25-16-22(39)12-14-34(25,3)31(23)27-18-35(24,28)32(44-27)45-36/h4-7,16,23-24,26-28,31-32,38H,8-15,17-19H2,1-3H3,(H,37,40)/t23?,24?,26-,27?,28+,31?,32-,34+,35-,36+/m1/s1. The van der Waals surface area contributed by atoms with E-state index in [0.29, 0.717) is 44.8 Å². The molecule has 46 heavy (non-hydrogen) atoms. The molecule has 8 rings (SSSR count). The van der Waals surface area contributed by atoms with Crippen molar-refractivity contribution in [1.29, 1.82) is 0 Å². The molecular formula is C36H45NO9. The molecule has 10 heteroatoms. The zero-order chi connectivity index (χ0) is 32.1. The van der Waals surface area contributed by atoms with Crippen LogP contribution in [0, 0.1) is 34.5 Å². The Balaban J connectivity index is 0.973. The first-order valence-corrected chi connectivity index (χ1v) is 17.1. The van der Waals surface area contributed by atoms with Crippen molar-refractivity contribution in [2.24, 2.45) is 34.5 Å². The molecule has 0 radical (unpaired) electrons. The monoisotopic (exact) mass is 635 g/mol. The van der Waals surface area contributed by atoms with Gasteiger partial charge in [0.1, 0.15) is 18.5 Å². The van der Waals surface area contributed by atoms with Crippen LogP contribution >= 0.6 is 0 Å². The van der Waals surface area contributed by atoms with Crippen LogP contribution in [0.3, 0.4) is 0 Å². The summed E-state index contributed by atoms with van der Waals surface area (Å²) >= 11 is 0. The molecule has 3 saturated carbocycles. The lowest BCUT2D eigenvalue weighted by Gasteiger charge is -2.58. The largest absolute Gasteiger partial charge is 0.508 e. The molecule has 2 N–H and O–H groups in total. The Kier molecular flexibility index (Phi) is 7.04. The van der Waals surface area contributed by atoms with Gasteiger partial charge in [0.25, 0.3) is 0 Å². The van der Waals surface area contributed by atoms with Crippen LogP contribution in [0.15, 0.2) is 35.9 Å². The third-order valence-electron chi connectivity index (χ3n) is 12.6. The average Bonchev–Trinajstić information content (AvgIpc) is 3.70. The van der Waals surface area contributed by atoms with Crippen molar-refractivity contribution < 1.29 is 43.2 Å². The Hall–Kier alpha value is -2.79. The molecule has 3 saturated heterocycles. The lowest BCUT2D eigenvalue weighted by Crippen LogP contribution is -2.58. The van der Waals surface area contributed by atoms with Gasteiger partial charge < -0.3 is 34.1 Å². The first-order valence-electron chi connectivity index (χ1n) is 17.1. The number of fused-ring (bicyclic) bond motifs is 7. The molecule has 1 aromatic carbocycles. The van der Waals surface area contributed by atoms with Crippen molar-refractivity contribution >= 4 is 17.7 Å². The number of hydrogen-bond donors (Lipinski definition) is 2. The highest BCUT2D eigenvalue weighted by atomic mass is 16.9. The maximum absolute atomic E-state index is 13.3. The lowest BCUT2D eigenvalue weighted by atomic mass is 9.46. The summed E-state index contributed by atoms with van der Waals surface area (Å²) in [5.74, 6) is -0.902. The van der Waals surface area contributed by atoms with Crippen molar-refractivity contribution in [3.63, 3.8) is 0 Å². The van der Waals surface area contributed by atoms with Gasteiger partial charge in [-0.1, -0.05) is 19.1 Å². The Morgan fingerprint density at radius 1 is 1.11 bits per heavy atom. The highest BCUT2D eigenvalue weighted by Gasteiger charge is 2.80. The van der Waals surface area contributed by atoms with E-state index >= 15 is 0 Å². The van der Waals surface area contributed by atoms with E-state index in [9.17, 15) is 19.5 Å². The molecule has 2 bridgehead atoms. The van der Waals surface area contributed by atoms with Crippen LogP contribution in [0.4, 0.5) is 0 Å². The second-order valence-corrected chi connectivity index (χ2v) is 15.4. The summed E-state index contributed by atoms with van der Waals surface area (Å²) < 4.78 is 32.3. The SMILES string of the molecule is CC1(C)OC[C@]2(O[C@H]3OC4C[C@]35C(CC[C@H]25)C2C[C@@H](OC(=O)CCC(=O)NCCc3ccc(O)cc3)C3=CC(=O)CC[C@]3(C)C42)O1. The van der Waals surface area contributed by atoms with Gasteiger partial charge in [-0.15, -0.1) is 0 Å². The van der Waals surface area contributed by atoms with Crippen LogP contribution in [-0.2, 0) is 44.5 Å². The summed E-state index contributed by atoms with van der Waals surface area (Å²) in [5.41, 5.74) is 1.42. The Labute approximate surface area is 269 Å². The first kappa shape index (κ1) is 30.5. The molecule has 3 heterocycles. The summed E-state index contributed by atoms with van der Waals surface area (Å²) in [4.78, 5) is 38.6. The van der Waals surface area contributed by atoms with Gasteiger partial charge in [-0.05, 0) is 105 Å². The van der Waals surface area contributed by atoms with Crippen LogP contribution < -0.4 is 5.32 Å². The molecule has 3 aliphatic heterocycles. The number of phenols is 1. The molecule has 4 unspecified atom stereocenters. The minimum Gasteiger partial charge on any atom is -0.508 e. The van der Waals surface area contributed by atoms with Crippen molar-refractivity contribution in [2.75, 3.05) is 13.2 Å². The van der Waals surface area contributed by atoms with E-state index < -0.39 is 23.6 Å². The molecule has 248 valence electrons. The number of ether oxygens (including phenoxy) is 5. The van der Waals surface area contributed by atoms with Crippen LogP contribution in [0.5, 0.6) is 5.75 Å². The zero-order valence-corrected chi connectivity index (χ0v) is 26.9. The summed E-state index contributed by atoms with van der Waals surface area (Å²) in [6, 6.07) is 6.87. The van der Waals surface area contributed by atoms with Crippen molar-refractivity contribution in [3.8, 4) is 5.75 Å². The van der Waals surface area contributed by atoms with E-state index in [4.69, 9.17) is 23.7 Å². The number of nitrogens with one attached hydrogen (secondary N) is 1. The van der Waals surface area contributed by atoms with Crippen LogP contribution in [0.1, 0.15) is 77.7 Å². The minimum atomic E-state index is -0.794. The second-order valence-electron chi connectivity index (χ2n) is 15.4. The fourth-order valence-corrected chi connectivity index (χ4v) is 10.9. The van der Waals surface area contributed by atoms with Gasteiger partial charge in [0.05, 0.1) is 12.5 Å². The zero-order valence-electron chi connectivity index (χ0n) is 26.9. The first-order chi connectivity index (χ1) is 21.9. The lowest BCUT2D eigenvalue weighted by molar-refractivity contribution is -0.293. The molecular weight excluding hydrogens is 590 g/mol. The normalized spacial score (nSPS) is 42.7. The Morgan fingerprint density at radius 2 is 1.91 bits per heavy atom. The molecule has 0 aromatic heterocycles. The number of aromatic hydroxyl groups is 1. The van der Waals surface area contributed by atoms with Gasteiger partial charge in [0.15, 0.2) is 17.9 Å². The van der Waals surface area contributed by atoms with E-state index in [-0.39, 0.29) is 71.3 Å². The number of rotatable bonds is 7. The van der Waals surface area contributed by atoms with Crippen LogP contribution in [0.2, 0.25) is 0 Å². The number of carbonyl (C=O) groups excluding carboxylic acids is 3. The molecule has 1 aromatic rings. The third kappa shape index (κ3) is 4.61. The highest BCUT2D eigenvalue weighted by Crippen LogP contribution is 2.76. The molecule has 1 amide bonds. The molecule has 10 nitrogen and oxygen atoms in total. The van der Waals surface area contributed by atoms with Gasteiger partial charge >= 0.3 is 5.97 Å². The molecule has 2 spiro atoms. The summed E-state index contributed by atoms with van der Waals surface area (Å²) in [5, 5.41) is 12.3. The molecule has 6 fully saturated rings. The van der Waals surface area contributed by atoms with Crippen molar-refractivity contribution in [1.82, 2.24) is 5.32 Å². The summed E-state index contributed by atoms with van der Waals surface area (Å²) in [6.07, 6.45) is 6.27. The second kappa shape index (κ2) is 10.6. The van der Waals surface area contributed by atoms with Crippen molar-refractivity contribution in [2.45, 2.75) is 109 Å². The van der Waals surface area contributed by atoms with E-state index in [1.807, 2.05) is 26.0 Å². The molecule has 4 aliphatic carbocycles. The van der Waals surface area contributed by atoms with Gasteiger partial charge in [0.2, 0.25) is 11.7 Å². The quantitative estimate of drug-likeness (QED) is 0.421. The summed E-state index contributed by atoms with van der Waals surface area (Å²) in [6.45, 7) is 6.95. The molecule has 10 atom stereocenters. The Morgan fingerprint density at radius 3 is 2.67 bits per heavy atom. The fourth-order valence-electron chi connectivity index (χ4n) is 10.9. The third-order valence-corrected chi connectivity index (χ3v) is 12.6. The van der Waals surface area contributed by atoms with E-state index in [1.165, 1.54) is 0 Å². The van der Waals surface area contributed by atoms with Gasteiger partial charge in [-0.3, -0.25) is 14.4 Å². The van der Waals surface area contributed by atoms with Crippen LogP contribution in [-0.4, -0.2) is 66.0 Å². The smallest absolute Gasteiger partial charge is 0.306 e. The predicted octanol–water partition coefficient (Wildman–Crippen LogP) is 4.33. The number of hydrogen-bond acceptors (Lipinski definition) is 9. The number of ketones is 1. The number of phenolic OH excluding ortho intramolecular Hbond substituents is 1. The Bertz CT molecular complexity index is 1470.